The number of hydrogen-bond acceptors (Lipinski definition) is 4. The Morgan fingerprint density at radius 2 is 1.81 bits per heavy atom. The van der Waals surface area contributed by atoms with Crippen molar-refractivity contribution in [1.29, 1.82) is 0 Å². The van der Waals surface area contributed by atoms with Gasteiger partial charge in [0.2, 0.25) is 11.8 Å². The Morgan fingerprint density at radius 1 is 1.12 bits per heavy atom. The zero-order valence-corrected chi connectivity index (χ0v) is 20.1. The Bertz CT molecular complexity index is 894. The number of ether oxygens (including phenoxy) is 1. The summed E-state index contributed by atoms with van der Waals surface area (Å²) in [6, 6.07) is 15.6. The summed E-state index contributed by atoms with van der Waals surface area (Å²) in [6.07, 6.45) is 4.36. The van der Waals surface area contributed by atoms with Crippen LogP contribution >= 0.6 is 11.8 Å². The molecule has 5 nitrogen and oxygen atoms in total. The van der Waals surface area contributed by atoms with Gasteiger partial charge in [-0.05, 0) is 55.5 Å². The van der Waals surface area contributed by atoms with E-state index in [1.807, 2.05) is 43.3 Å². The molecule has 0 saturated heterocycles. The number of nitrogens with zero attached hydrogens (tertiary/aromatic N) is 1. The second-order valence-corrected chi connectivity index (χ2v) is 9.44. The first kappa shape index (κ1) is 24.2. The van der Waals surface area contributed by atoms with E-state index in [0.717, 1.165) is 42.7 Å². The van der Waals surface area contributed by atoms with Gasteiger partial charge in [-0.15, -0.1) is 11.8 Å². The minimum atomic E-state index is -0.524. The van der Waals surface area contributed by atoms with Crippen molar-refractivity contribution in [2.24, 2.45) is 0 Å². The Hall–Kier alpha value is -2.47. The van der Waals surface area contributed by atoms with Crippen LogP contribution in [0.15, 0.2) is 48.5 Å². The number of amides is 2. The quantitative estimate of drug-likeness (QED) is 0.565. The monoisotopic (exact) mass is 454 g/mol. The molecule has 6 heteroatoms. The topological polar surface area (TPSA) is 58.6 Å². The fraction of sp³-hybridized carbons (Fsp3) is 0.462. The fourth-order valence-corrected chi connectivity index (χ4v) is 4.99. The summed E-state index contributed by atoms with van der Waals surface area (Å²) in [5.41, 5.74) is 3.44. The second-order valence-electron chi connectivity index (χ2n) is 8.45. The van der Waals surface area contributed by atoms with E-state index < -0.39 is 6.04 Å². The molecule has 1 aliphatic carbocycles. The standard InChI is InChI=1S/C26H34N2O3S/c1-19-8-4-5-9-22(19)17-32-18-25(29)28(16-21-12-14-24(31-3)15-13-21)20(2)26(30)27-23-10-6-7-11-23/h4-5,8-9,12-15,20,23H,6-7,10-11,16-18H2,1-3H3,(H,27,30)/t20-/m0/s1. The summed E-state index contributed by atoms with van der Waals surface area (Å²) in [6.45, 7) is 4.31. The zero-order chi connectivity index (χ0) is 22.9. The number of carbonyl (C=O) groups is 2. The minimum Gasteiger partial charge on any atom is -0.497 e. The SMILES string of the molecule is COc1ccc(CN(C(=O)CSCc2ccccc2C)[C@@H](C)C(=O)NC2CCCC2)cc1. The first-order chi connectivity index (χ1) is 15.5. The van der Waals surface area contributed by atoms with E-state index in [0.29, 0.717) is 12.3 Å². The number of carbonyl (C=O) groups excluding carboxylic acids is 2. The predicted octanol–water partition coefficient (Wildman–Crippen LogP) is 4.71. The Balaban J connectivity index is 1.66. The Morgan fingerprint density at radius 3 is 2.47 bits per heavy atom. The number of rotatable bonds is 10. The van der Waals surface area contributed by atoms with Gasteiger partial charge < -0.3 is 15.0 Å². The van der Waals surface area contributed by atoms with Crippen LogP contribution < -0.4 is 10.1 Å². The summed E-state index contributed by atoms with van der Waals surface area (Å²) in [5, 5.41) is 3.15. The number of methoxy groups -OCH3 is 1. The van der Waals surface area contributed by atoms with Crippen LogP contribution in [-0.4, -0.2) is 41.7 Å². The van der Waals surface area contributed by atoms with Crippen LogP contribution in [0.25, 0.3) is 0 Å². The molecular formula is C26H34N2O3S. The van der Waals surface area contributed by atoms with Crippen molar-refractivity contribution in [2.75, 3.05) is 12.9 Å². The van der Waals surface area contributed by atoms with Crippen LogP contribution in [0.4, 0.5) is 0 Å². The van der Waals surface area contributed by atoms with Crippen molar-refractivity contribution in [3.63, 3.8) is 0 Å². The van der Waals surface area contributed by atoms with Crippen molar-refractivity contribution in [3.8, 4) is 5.75 Å². The minimum absolute atomic E-state index is 0.0199. The van der Waals surface area contributed by atoms with Gasteiger partial charge in [-0.3, -0.25) is 9.59 Å². The van der Waals surface area contributed by atoms with Crippen LogP contribution in [0, 0.1) is 6.92 Å². The van der Waals surface area contributed by atoms with Gasteiger partial charge >= 0.3 is 0 Å². The molecule has 0 aliphatic heterocycles. The first-order valence-electron chi connectivity index (χ1n) is 11.3. The van der Waals surface area contributed by atoms with Crippen LogP contribution in [0.5, 0.6) is 5.75 Å². The fourth-order valence-electron chi connectivity index (χ4n) is 4.01. The highest BCUT2D eigenvalue weighted by Gasteiger charge is 2.28. The molecule has 1 fully saturated rings. The van der Waals surface area contributed by atoms with Crippen molar-refractivity contribution in [1.82, 2.24) is 10.2 Å². The van der Waals surface area contributed by atoms with E-state index in [1.165, 1.54) is 11.1 Å². The van der Waals surface area contributed by atoms with Gasteiger partial charge in [0.15, 0.2) is 0 Å². The summed E-state index contributed by atoms with van der Waals surface area (Å²) in [5.74, 6) is 1.80. The molecule has 0 heterocycles. The highest BCUT2D eigenvalue weighted by atomic mass is 32.2. The maximum Gasteiger partial charge on any atom is 0.242 e. The van der Waals surface area contributed by atoms with Crippen LogP contribution in [-0.2, 0) is 21.9 Å². The molecule has 0 aromatic heterocycles. The number of hydrogen-bond donors (Lipinski definition) is 1. The summed E-state index contributed by atoms with van der Waals surface area (Å²) in [7, 11) is 1.63. The molecule has 172 valence electrons. The summed E-state index contributed by atoms with van der Waals surface area (Å²) >= 11 is 1.59. The maximum atomic E-state index is 13.2. The van der Waals surface area contributed by atoms with Crippen LogP contribution in [0.2, 0.25) is 0 Å². The molecule has 2 amide bonds. The average Bonchev–Trinajstić information content (AvgIpc) is 3.31. The molecule has 1 aliphatic rings. The van der Waals surface area contributed by atoms with E-state index in [2.05, 4.69) is 24.4 Å². The van der Waals surface area contributed by atoms with Gasteiger partial charge in [0.25, 0.3) is 0 Å². The molecular weight excluding hydrogens is 420 g/mol. The normalized spacial score (nSPS) is 14.7. The predicted molar refractivity (Wildman–Crippen MR) is 131 cm³/mol. The second kappa shape index (κ2) is 12.0. The first-order valence-corrected chi connectivity index (χ1v) is 12.5. The van der Waals surface area contributed by atoms with Gasteiger partial charge in [-0.25, -0.2) is 0 Å². The van der Waals surface area contributed by atoms with Crippen molar-refractivity contribution in [3.05, 3.63) is 65.2 Å². The van der Waals surface area contributed by atoms with E-state index in [-0.39, 0.29) is 17.9 Å². The van der Waals surface area contributed by atoms with Crippen molar-refractivity contribution < 1.29 is 14.3 Å². The highest BCUT2D eigenvalue weighted by Crippen LogP contribution is 2.21. The van der Waals surface area contributed by atoms with Gasteiger partial charge in [0.05, 0.1) is 12.9 Å². The molecule has 3 rings (SSSR count). The third kappa shape index (κ3) is 6.76. The number of nitrogens with one attached hydrogen (secondary N) is 1. The lowest BCUT2D eigenvalue weighted by molar-refractivity contribution is -0.138. The van der Waals surface area contributed by atoms with Gasteiger partial charge in [-0.2, -0.15) is 0 Å². The number of thioether (sulfide) groups is 1. The highest BCUT2D eigenvalue weighted by molar-refractivity contribution is 7.99. The van der Waals surface area contributed by atoms with E-state index >= 15 is 0 Å². The van der Waals surface area contributed by atoms with Gasteiger partial charge in [-0.1, -0.05) is 49.2 Å². The largest absolute Gasteiger partial charge is 0.497 e. The molecule has 0 unspecified atom stereocenters. The smallest absolute Gasteiger partial charge is 0.242 e. The molecule has 2 aromatic rings. The lowest BCUT2D eigenvalue weighted by Crippen LogP contribution is -2.50. The summed E-state index contributed by atoms with van der Waals surface area (Å²) < 4.78 is 5.24. The summed E-state index contributed by atoms with van der Waals surface area (Å²) in [4.78, 5) is 27.9. The third-order valence-corrected chi connectivity index (χ3v) is 7.09. The molecule has 0 spiro atoms. The molecule has 1 N–H and O–H groups in total. The van der Waals surface area contributed by atoms with Gasteiger partial charge in [0, 0.05) is 18.3 Å². The maximum absolute atomic E-state index is 13.2. The number of benzene rings is 2. The lowest BCUT2D eigenvalue weighted by Gasteiger charge is -2.29. The zero-order valence-electron chi connectivity index (χ0n) is 19.3. The molecule has 32 heavy (non-hydrogen) atoms. The molecule has 1 saturated carbocycles. The van der Waals surface area contributed by atoms with Crippen LogP contribution in [0.3, 0.4) is 0 Å². The van der Waals surface area contributed by atoms with E-state index in [1.54, 1.807) is 23.8 Å². The third-order valence-electron chi connectivity index (χ3n) is 6.13. The van der Waals surface area contributed by atoms with Crippen LogP contribution in [0.1, 0.15) is 49.3 Å². The lowest BCUT2D eigenvalue weighted by atomic mass is 10.1. The van der Waals surface area contributed by atoms with Gasteiger partial charge in [0.1, 0.15) is 11.8 Å². The Labute approximate surface area is 195 Å². The molecule has 0 radical (unpaired) electrons. The average molecular weight is 455 g/mol. The van der Waals surface area contributed by atoms with Crippen molar-refractivity contribution in [2.45, 2.75) is 63.9 Å². The van der Waals surface area contributed by atoms with E-state index in [9.17, 15) is 9.59 Å². The Kier molecular flexibility index (Phi) is 9.03. The number of aryl methyl sites for hydroxylation is 1. The molecule has 0 bridgehead atoms. The molecule has 2 aromatic carbocycles. The van der Waals surface area contributed by atoms with Crippen molar-refractivity contribution >= 4 is 23.6 Å². The molecule has 1 atom stereocenters. The van der Waals surface area contributed by atoms with E-state index in [4.69, 9.17) is 4.74 Å².